The number of rotatable bonds is 2. The molecule has 1 heterocycles. The lowest BCUT2D eigenvalue weighted by atomic mass is 9.77. The number of carbonyl (C=O) groups is 1. The summed E-state index contributed by atoms with van der Waals surface area (Å²) in [6.07, 6.45) is 2.45. The Labute approximate surface area is 104 Å². The van der Waals surface area contributed by atoms with Crippen molar-refractivity contribution in [2.75, 3.05) is 19.7 Å². The van der Waals surface area contributed by atoms with Crippen LogP contribution in [0.3, 0.4) is 0 Å². The van der Waals surface area contributed by atoms with E-state index < -0.39 is 5.60 Å². The number of aliphatic hydroxyl groups is 1. The first-order valence-electron chi connectivity index (χ1n) is 6.41. The van der Waals surface area contributed by atoms with Crippen LogP contribution in [0.1, 0.15) is 47.0 Å². The summed E-state index contributed by atoms with van der Waals surface area (Å²) in [6, 6.07) is 0. The van der Waals surface area contributed by atoms with E-state index >= 15 is 0 Å². The number of hydrogen-bond acceptors (Lipinski definition) is 3. The van der Waals surface area contributed by atoms with Gasteiger partial charge in [-0.25, -0.2) is 4.79 Å². The van der Waals surface area contributed by atoms with Gasteiger partial charge in [0.05, 0.1) is 0 Å². The maximum absolute atomic E-state index is 11.8. The molecule has 1 amide bonds. The highest BCUT2D eigenvalue weighted by Crippen LogP contribution is 2.34. The summed E-state index contributed by atoms with van der Waals surface area (Å²) in [5, 5.41) is 9.42. The van der Waals surface area contributed by atoms with Crippen LogP contribution in [-0.4, -0.2) is 41.4 Å². The fourth-order valence-electron chi connectivity index (χ4n) is 2.11. The Balaban J connectivity index is 2.49. The van der Waals surface area contributed by atoms with Crippen molar-refractivity contribution in [3.63, 3.8) is 0 Å². The van der Waals surface area contributed by atoms with Crippen molar-refractivity contribution in [3.05, 3.63) is 0 Å². The average molecular weight is 243 g/mol. The van der Waals surface area contributed by atoms with Gasteiger partial charge in [0.2, 0.25) is 0 Å². The average Bonchev–Trinajstić information content (AvgIpc) is 2.27. The lowest BCUT2D eigenvalue weighted by Crippen LogP contribution is -2.46. The number of likely N-dealkylation sites (tertiary alicyclic amines) is 1. The molecule has 100 valence electrons. The molecular weight excluding hydrogens is 218 g/mol. The van der Waals surface area contributed by atoms with Crippen molar-refractivity contribution in [1.29, 1.82) is 0 Å². The lowest BCUT2D eigenvalue weighted by molar-refractivity contribution is -0.00122. The maximum atomic E-state index is 11.8. The molecule has 1 fully saturated rings. The van der Waals surface area contributed by atoms with E-state index in [0.29, 0.717) is 13.1 Å². The molecule has 0 aliphatic carbocycles. The van der Waals surface area contributed by atoms with Crippen LogP contribution in [0, 0.1) is 5.41 Å². The Kier molecular flexibility index (Phi) is 4.42. The second kappa shape index (κ2) is 5.25. The van der Waals surface area contributed by atoms with Gasteiger partial charge in [0, 0.05) is 19.7 Å². The SMILES string of the molecule is CCC1(CO)CCN(C(=O)OC(C)(C)C)CC1. The zero-order valence-electron chi connectivity index (χ0n) is 11.5. The smallest absolute Gasteiger partial charge is 0.410 e. The van der Waals surface area contributed by atoms with Gasteiger partial charge in [-0.3, -0.25) is 0 Å². The molecule has 1 aliphatic heterocycles. The van der Waals surface area contributed by atoms with E-state index in [4.69, 9.17) is 4.74 Å². The van der Waals surface area contributed by atoms with Crippen molar-refractivity contribution in [2.24, 2.45) is 5.41 Å². The first kappa shape index (κ1) is 14.3. The summed E-state index contributed by atoms with van der Waals surface area (Å²) in [4.78, 5) is 13.6. The molecule has 1 rings (SSSR count). The van der Waals surface area contributed by atoms with Gasteiger partial charge < -0.3 is 14.7 Å². The Hall–Kier alpha value is -0.770. The van der Waals surface area contributed by atoms with Gasteiger partial charge in [0.15, 0.2) is 0 Å². The number of nitrogens with zero attached hydrogens (tertiary/aromatic N) is 1. The molecule has 0 aromatic carbocycles. The van der Waals surface area contributed by atoms with E-state index in [1.165, 1.54) is 0 Å². The predicted molar refractivity (Wildman–Crippen MR) is 66.9 cm³/mol. The Morgan fingerprint density at radius 2 is 1.88 bits per heavy atom. The third kappa shape index (κ3) is 3.87. The Bertz CT molecular complexity index is 256. The molecule has 0 saturated carbocycles. The molecular formula is C13H25NO3. The largest absolute Gasteiger partial charge is 0.444 e. The van der Waals surface area contributed by atoms with Crippen LogP contribution in [0.5, 0.6) is 0 Å². The predicted octanol–water partition coefficient (Wildman–Crippen LogP) is 2.41. The molecule has 1 N–H and O–H groups in total. The molecule has 4 nitrogen and oxygen atoms in total. The number of carbonyl (C=O) groups excluding carboxylic acids is 1. The molecule has 0 aromatic heterocycles. The monoisotopic (exact) mass is 243 g/mol. The van der Waals surface area contributed by atoms with Crippen LogP contribution in [0.4, 0.5) is 4.79 Å². The van der Waals surface area contributed by atoms with Gasteiger partial charge in [0.25, 0.3) is 0 Å². The summed E-state index contributed by atoms with van der Waals surface area (Å²) in [6.45, 7) is 9.30. The fraction of sp³-hybridized carbons (Fsp3) is 0.923. The van der Waals surface area contributed by atoms with Gasteiger partial charge in [-0.2, -0.15) is 0 Å². The lowest BCUT2D eigenvalue weighted by Gasteiger charge is -2.40. The summed E-state index contributed by atoms with van der Waals surface area (Å²) in [5.74, 6) is 0. The molecule has 0 atom stereocenters. The highest BCUT2D eigenvalue weighted by Gasteiger charge is 2.35. The summed E-state index contributed by atoms with van der Waals surface area (Å²) in [5.41, 5.74) is -0.425. The van der Waals surface area contributed by atoms with Gasteiger partial charge in [-0.05, 0) is 45.4 Å². The van der Waals surface area contributed by atoms with Crippen LogP contribution in [0.25, 0.3) is 0 Å². The van der Waals surface area contributed by atoms with E-state index in [9.17, 15) is 9.90 Å². The molecule has 17 heavy (non-hydrogen) atoms. The second-order valence-corrected chi connectivity index (χ2v) is 5.98. The van der Waals surface area contributed by atoms with Gasteiger partial charge in [-0.1, -0.05) is 6.92 Å². The topological polar surface area (TPSA) is 49.8 Å². The number of aliphatic hydroxyl groups excluding tert-OH is 1. The Morgan fingerprint density at radius 1 is 1.35 bits per heavy atom. The maximum Gasteiger partial charge on any atom is 0.410 e. The minimum atomic E-state index is -0.437. The quantitative estimate of drug-likeness (QED) is 0.810. The first-order valence-corrected chi connectivity index (χ1v) is 6.41. The molecule has 0 spiro atoms. The van der Waals surface area contributed by atoms with Crippen molar-refractivity contribution < 1.29 is 14.6 Å². The first-order chi connectivity index (χ1) is 7.82. The van der Waals surface area contributed by atoms with Crippen molar-refractivity contribution >= 4 is 6.09 Å². The van der Waals surface area contributed by atoms with Crippen LogP contribution in [0.2, 0.25) is 0 Å². The van der Waals surface area contributed by atoms with Crippen LogP contribution in [0.15, 0.2) is 0 Å². The van der Waals surface area contributed by atoms with Crippen LogP contribution in [-0.2, 0) is 4.74 Å². The zero-order valence-corrected chi connectivity index (χ0v) is 11.5. The van der Waals surface area contributed by atoms with Crippen molar-refractivity contribution in [1.82, 2.24) is 4.90 Å². The summed E-state index contributed by atoms with van der Waals surface area (Å²) in [7, 11) is 0. The third-order valence-corrected chi connectivity index (χ3v) is 3.56. The van der Waals surface area contributed by atoms with Crippen molar-refractivity contribution in [3.8, 4) is 0 Å². The molecule has 1 aliphatic rings. The number of piperidine rings is 1. The van der Waals surface area contributed by atoms with E-state index in [2.05, 4.69) is 6.92 Å². The minimum absolute atomic E-state index is 0.0124. The molecule has 0 aromatic rings. The molecule has 0 radical (unpaired) electrons. The molecule has 4 heteroatoms. The van der Waals surface area contributed by atoms with E-state index in [-0.39, 0.29) is 18.1 Å². The fourth-order valence-corrected chi connectivity index (χ4v) is 2.11. The van der Waals surface area contributed by atoms with Gasteiger partial charge in [0.1, 0.15) is 5.60 Å². The van der Waals surface area contributed by atoms with Gasteiger partial charge >= 0.3 is 6.09 Å². The summed E-state index contributed by atoms with van der Waals surface area (Å²) >= 11 is 0. The third-order valence-electron chi connectivity index (χ3n) is 3.56. The Morgan fingerprint density at radius 3 is 2.24 bits per heavy atom. The highest BCUT2D eigenvalue weighted by molar-refractivity contribution is 5.68. The zero-order chi connectivity index (χ0) is 13.1. The minimum Gasteiger partial charge on any atom is -0.444 e. The van der Waals surface area contributed by atoms with Crippen LogP contribution < -0.4 is 0 Å². The van der Waals surface area contributed by atoms with E-state index in [0.717, 1.165) is 19.3 Å². The highest BCUT2D eigenvalue weighted by atomic mass is 16.6. The summed E-state index contributed by atoms with van der Waals surface area (Å²) < 4.78 is 5.34. The van der Waals surface area contributed by atoms with E-state index in [1.807, 2.05) is 20.8 Å². The molecule has 0 unspecified atom stereocenters. The van der Waals surface area contributed by atoms with E-state index in [1.54, 1.807) is 4.90 Å². The normalized spacial score (nSPS) is 20.2. The second-order valence-electron chi connectivity index (χ2n) is 5.98. The van der Waals surface area contributed by atoms with Gasteiger partial charge in [-0.15, -0.1) is 0 Å². The number of hydrogen-bond donors (Lipinski definition) is 1. The van der Waals surface area contributed by atoms with Crippen molar-refractivity contribution in [2.45, 2.75) is 52.6 Å². The van der Waals surface area contributed by atoms with Crippen LogP contribution >= 0.6 is 0 Å². The number of amides is 1. The molecule has 1 saturated heterocycles. The standard InChI is InChI=1S/C13H25NO3/c1-5-13(10-15)6-8-14(9-7-13)11(16)17-12(2,3)4/h15H,5-10H2,1-4H3. The molecule has 0 bridgehead atoms. The number of ether oxygens (including phenoxy) is 1.